The zero-order valence-electron chi connectivity index (χ0n) is 9.57. The Kier molecular flexibility index (Phi) is 6.96. The van der Waals surface area contributed by atoms with Crippen LogP contribution in [0.5, 0.6) is 0 Å². The summed E-state index contributed by atoms with van der Waals surface area (Å²) in [6.07, 6.45) is -2.70. The number of rotatable bonds is 8. The van der Waals surface area contributed by atoms with Gasteiger partial charge in [-0.2, -0.15) is 17.0 Å². The van der Waals surface area contributed by atoms with Gasteiger partial charge in [0.25, 0.3) is 16.6 Å². The van der Waals surface area contributed by atoms with Crippen LogP contribution in [0.25, 0.3) is 0 Å². The highest BCUT2D eigenvalue weighted by Crippen LogP contribution is 2.10. The first-order valence-electron chi connectivity index (χ1n) is 5.13. The lowest BCUT2D eigenvalue weighted by molar-refractivity contribution is 0.118. The lowest BCUT2D eigenvalue weighted by Crippen LogP contribution is -2.47. The summed E-state index contributed by atoms with van der Waals surface area (Å²) in [5, 5.41) is 0. The molecule has 0 atom stereocenters. The van der Waals surface area contributed by atoms with Crippen molar-refractivity contribution in [2.45, 2.75) is 20.3 Å². The maximum absolute atomic E-state index is 12.2. The molecule has 0 heterocycles. The standard InChI is InChI=1S/C8H19F2N3O2S/c1-3-12(4-2)16(14,15)13(6-5-11)7-8(9)10/h8H,3-7,11H2,1-2H3. The van der Waals surface area contributed by atoms with Crippen LogP contribution in [0.1, 0.15) is 13.8 Å². The molecule has 0 aromatic carbocycles. The molecule has 5 nitrogen and oxygen atoms in total. The van der Waals surface area contributed by atoms with Gasteiger partial charge in [0.2, 0.25) is 0 Å². The van der Waals surface area contributed by atoms with Gasteiger partial charge < -0.3 is 5.73 Å². The summed E-state index contributed by atoms with van der Waals surface area (Å²) in [5.41, 5.74) is 5.22. The largest absolute Gasteiger partial charge is 0.329 e. The molecule has 0 amide bonds. The number of nitrogens with zero attached hydrogens (tertiary/aromatic N) is 2. The molecule has 2 N–H and O–H groups in total. The van der Waals surface area contributed by atoms with Crippen molar-refractivity contribution < 1.29 is 17.2 Å². The highest BCUT2D eigenvalue weighted by Gasteiger charge is 2.29. The number of halogens is 2. The van der Waals surface area contributed by atoms with Crippen LogP contribution < -0.4 is 5.73 Å². The maximum Gasteiger partial charge on any atom is 0.282 e. The van der Waals surface area contributed by atoms with Gasteiger partial charge in [0.1, 0.15) is 0 Å². The Morgan fingerprint density at radius 2 is 1.69 bits per heavy atom. The van der Waals surface area contributed by atoms with Gasteiger partial charge in [0.05, 0.1) is 6.54 Å². The van der Waals surface area contributed by atoms with Crippen LogP contribution in [-0.4, -0.2) is 56.2 Å². The van der Waals surface area contributed by atoms with Crippen LogP contribution in [-0.2, 0) is 10.2 Å². The Morgan fingerprint density at radius 1 is 1.19 bits per heavy atom. The topological polar surface area (TPSA) is 66.6 Å². The molecule has 0 aliphatic rings. The number of alkyl halides is 2. The van der Waals surface area contributed by atoms with Gasteiger partial charge in [0, 0.05) is 26.2 Å². The molecular formula is C8H19F2N3O2S. The smallest absolute Gasteiger partial charge is 0.282 e. The minimum Gasteiger partial charge on any atom is -0.329 e. The molecule has 0 fully saturated rings. The number of hydrogen-bond donors (Lipinski definition) is 1. The molecule has 0 aromatic heterocycles. The van der Waals surface area contributed by atoms with E-state index in [1.54, 1.807) is 13.8 Å². The highest BCUT2D eigenvalue weighted by atomic mass is 32.2. The van der Waals surface area contributed by atoms with E-state index in [1.807, 2.05) is 0 Å². The molecule has 0 aliphatic carbocycles. The molecule has 0 unspecified atom stereocenters. The second-order valence-corrected chi connectivity index (χ2v) is 5.06. The molecule has 8 heteroatoms. The molecule has 0 spiro atoms. The summed E-state index contributed by atoms with van der Waals surface area (Å²) in [5.74, 6) is 0. The minimum atomic E-state index is -3.81. The lowest BCUT2D eigenvalue weighted by atomic mass is 10.6. The zero-order valence-corrected chi connectivity index (χ0v) is 10.4. The second-order valence-electron chi connectivity index (χ2n) is 3.13. The van der Waals surface area contributed by atoms with Crippen molar-refractivity contribution in [3.8, 4) is 0 Å². The van der Waals surface area contributed by atoms with E-state index in [-0.39, 0.29) is 26.2 Å². The van der Waals surface area contributed by atoms with Crippen LogP contribution in [0.15, 0.2) is 0 Å². The zero-order chi connectivity index (χ0) is 12.8. The molecule has 0 aliphatic heterocycles. The summed E-state index contributed by atoms with van der Waals surface area (Å²) < 4.78 is 50.1. The van der Waals surface area contributed by atoms with Crippen LogP contribution >= 0.6 is 0 Å². The fraction of sp³-hybridized carbons (Fsp3) is 1.00. The lowest BCUT2D eigenvalue weighted by Gasteiger charge is -2.27. The first kappa shape index (κ1) is 15.7. The van der Waals surface area contributed by atoms with Crippen molar-refractivity contribution in [2.75, 3.05) is 32.7 Å². The normalized spacial score (nSPS) is 13.0. The third-order valence-corrected chi connectivity index (χ3v) is 4.23. The first-order chi connectivity index (χ1) is 7.39. The second kappa shape index (κ2) is 7.10. The first-order valence-corrected chi connectivity index (χ1v) is 6.53. The Labute approximate surface area is 95.4 Å². The van der Waals surface area contributed by atoms with Crippen molar-refractivity contribution in [3.63, 3.8) is 0 Å². The van der Waals surface area contributed by atoms with Crippen LogP contribution in [0, 0.1) is 0 Å². The van der Waals surface area contributed by atoms with Crippen molar-refractivity contribution in [2.24, 2.45) is 5.73 Å². The quantitative estimate of drug-likeness (QED) is 0.672. The Morgan fingerprint density at radius 3 is 2.00 bits per heavy atom. The molecular weight excluding hydrogens is 240 g/mol. The van der Waals surface area contributed by atoms with E-state index in [4.69, 9.17) is 5.73 Å². The molecule has 0 radical (unpaired) electrons. The number of hydrogen-bond acceptors (Lipinski definition) is 3. The van der Waals surface area contributed by atoms with Gasteiger partial charge in [-0.3, -0.25) is 0 Å². The fourth-order valence-electron chi connectivity index (χ4n) is 1.31. The maximum atomic E-state index is 12.2. The fourth-order valence-corrected chi connectivity index (χ4v) is 2.93. The molecule has 98 valence electrons. The van der Waals surface area contributed by atoms with E-state index >= 15 is 0 Å². The van der Waals surface area contributed by atoms with Gasteiger partial charge >= 0.3 is 0 Å². The van der Waals surface area contributed by atoms with E-state index < -0.39 is 23.2 Å². The van der Waals surface area contributed by atoms with Crippen molar-refractivity contribution in [1.29, 1.82) is 0 Å². The summed E-state index contributed by atoms with van der Waals surface area (Å²) in [4.78, 5) is 0. The van der Waals surface area contributed by atoms with Gasteiger partial charge in [-0.1, -0.05) is 13.8 Å². The van der Waals surface area contributed by atoms with E-state index in [0.29, 0.717) is 0 Å². The van der Waals surface area contributed by atoms with Gasteiger partial charge in [-0.25, -0.2) is 8.78 Å². The van der Waals surface area contributed by atoms with Crippen LogP contribution in [0.3, 0.4) is 0 Å². The van der Waals surface area contributed by atoms with Gasteiger partial charge in [0.15, 0.2) is 0 Å². The average Bonchev–Trinajstić information content (AvgIpc) is 2.18. The summed E-state index contributed by atoms with van der Waals surface area (Å²) in [6, 6.07) is 0. The SMILES string of the molecule is CCN(CC)S(=O)(=O)N(CCN)CC(F)F. The molecule has 0 bridgehead atoms. The molecule has 16 heavy (non-hydrogen) atoms. The predicted molar refractivity (Wildman–Crippen MR) is 58.5 cm³/mol. The molecule has 0 saturated heterocycles. The third kappa shape index (κ3) is 4.28. The molecule has 0 saturated carbocycles. The minimum absolute atomic E-state index is 0.0211. The monoisotopic (exact) mass is 259 g/mol. The summed E-state index contributed by atoms with van der Waals surface area (Å²) in [6.45, 7) is 2.94. The van der Waals surface area contributed by atoms with Gasteiger partial charge in [-0.15, -0.1) is 0 Å². The summed E-state index contributed by atoms with van der Waals surface area (Å²) in [7, 11) is -3.81. The third-order valence-electron chi connectivity index (χ3n) is 2.08. The van der Waals surface area contributed by atoms with Crippen molar-refractivity contribution >= 4 is 10.2 Å². The van der Waals surface area contributed by atoms with Crippen molar-refractivity contribution in [1.82, 2.24) is 8.61 Å². The van der Waals surface area contributed by atoms with E-state index in [1.165, 1.54) is 0 Å². The van der Waals surface area contributed by atoms with Crippen LogP contribution in [0.2, 0.25) is 0 Å². The summed E-state index contributed by atoms with van der Waals surface area (Å²) >= 11 is 0. The van der Waals surface area contributed by atoms with E-state index in [9.17, 15) is 17.2 Å². The molecule has 0 rings (SSSR count). The molecule has 0 aromatic rings. The number of nitrogens with two attached hydrogens (primary N) is 1. The van der Waals surface area contributed by atoms with E-state index in [0.717, 1.165) is 8.61 Å². The van der Waals surface area contributed by atoms with Crippen molar-refractivity contribution in [3.05, 3.63) is 0 Å². The van der Waals surface area contributed by atoms with Gasteiger partial charge in [-0.05, 0) is 0 Å². The Bertz CT molecular complexity index is 281. The van der Waals surface area contributed by atoms with E-state index in [2.05, 4.69) is 0 Å². The average molecular weight is 259 g/mol. The Balaban J connectivity index is 4.87. The highest BCUT2D eigenvalue weighted by molar-refractivity contribution is 7.86. The van der Waals surface area contributed by atoms with Crippen LogP contribution in [0.4, 0.5) is 8.78 Å². The Hall–Kier alpha value is -0.310. The predicted octanol–water partition coefficient (Wildman–Crippen LogP) is 0.0988.